The van der Waals surface area contributed by atoms with Crippen molar-refractivity contribution in [1.29, 1.82) is 0 Å². The van der Waals surface area contributed by atoms with Crippen molar-refractivity contribution >= 4 is 11.6 Å². The average molecular weight is 272 g/mol. The van der Waals surface area contributed by atoms with E-state index in [2.05, 4.69) is 15.3 Å². The molecule has 0 fully saturated rings. The number of nitrogens with zero attached hydrogens (tertiary/aromatic N) is 3. The molecular weight excluding hydrogens is 256 g/mol. The number of aryl methyl sites for hydroxylation is 1. The third-order valence-electron chi connectivity index (χ3n) is 3.16. The smallest absolute Gasteiger partial charge is 0.313 e. The molecule has 0 amide bonds. The van der Waals surface area contributed by atoms with Crippen molar-refractivity contribution in [2.45, 2.75) is 20.8 Å². The summed E-state index contributed by atoms with van der Waals surface area (Å²) in [6.45, 7) is 6.48. The highest BCUT2D eigenvalue weighted by molar-refractivity contribution is 5.73. The zero-order valence-electron chi connectivity index (χ0n) is 11.7. The molecule has 2 rings (SSSR count). The Labute approximate surface area is 117 Å². The van der Waals surface area contributed by atoms with Crippen LogP contribution >= 0.6 is 0 Å². The summed E-state index contributed by atoms with van der Waals surface area (Å²) in [7, 11) is 0. The molecule has 0 unspecified atom stereocenters. The lowest BCUT2D eigenvalue weighted by molar-refractivity contribution is -0.384. The third kappa shape index (κ3) is 2.59. The summed E-state index contributed by atoms with van der Waals surface area (Å²) in [5.41, 5.74) is 3.08. The first-order valence-electron chi connectivity index (χ1n) is 6.36. The van der Waals surface area contributed by atoms with E-state index < -0.39 is 4.92 Å². The lowest BCUT2D eigenvalue weighted by atomic mass is 10.00. The van der Waals surface area contributed by atoms with Crippen LogP contribution in [0.25, 0.3) is 11.3 Å². The number of hydrogen-bond acceptors (Lipinski definition) is 5. The first kappa shape index (κ1) is 13.9. The van der Waals surface area contributed by atoms with Crippen LogP contribution in [0.1, 0.15) is 18.1 Å². The molecule has 0 aliphatic heterocycles. The van der Waals surface area contributed by atoms with E-state index in [0.717, 1.165) is 16.7 Å². The lowest BCUT2D eigenvalue weighted by Crippen LogP contribution is -2.05. The fourth-order valence-corrected chi connectivity index (χ4v) is 1.96. The highest BCUT2D eigenvalue weighted by Crippen LogP contribution is 2.31. The van der Waals surface area contributed by atoms with Gasteiger partial charge in [-0.1, -0.05) is 18.2 Å². The van der Waals surface area contributed by atoms with Crippen LogP contribution in [0.3, 0.4) is 0 Å². The van der Waals surface area contributed by atoms with Crippen molar-refractivity contribution in [2.24, 2.45) is 0 Å². The maximum absolute atomic E-state index is 11.2. The largest absolute Gasteiger partial charge is 0.354 e. The Morgan fingerprint density at radius 2 is 2.10 bits per heavy atom. The summed E-state index contributed by atoms with van der Waals surface area (Å²) in [5, 5.41) is 14.1. The molecule has 0 aliphatic carbocycles. The van der Waals surface area contributed by atoms with Gasteiger partial charge in [0.25, 0.3) is 0 Å². The van der Waals surface area contributed by atoms with E-state index in [4.69, 9.17) is 0 Å². The summed E-state index contributed by atoms with van der Waals surface area (Å²) >= 11 is 0. The van der Waals surface area contributed by atoms with Gasteiger partial charge in [0.15, 0.2) is 5.69 Å². The van der Waals surface area contributed by atoms with Gasteiger partial charge in [-0.05, 0) is 31.9 Å². The van der Waals surface area contributed by atoms with Crippen LogP contribution in [0.4, 0.5) is 11.6 Å². The maximum Gasteiger partial charge on any atom is 0.313 e. The third-order valence-corrected chi connectivity index (χ3v) is 3.16. The van der Waals surface area contributed by atoms with Gasteiger partial charge in [0.1, 0.15) is 6.20 Å². The Kier molecular flexibility index (Phi) is 3.93. The Bertz CT molecular complexity index is 656. The first-order chi connectivity index (χ1) is 9.54. The average Bonchev–Trinajstić information content (AvgIpc) is 2.42. The summed E-state index contributed by atoms with van der Waals surface area (Å²) in [6, 6.07) is 5.68. The van der Waals surface area contributed by atoms with Gasteiger partial charge < -0.3 is 5.32 Å². The van der Waals surface area contributed by atoms with Crippen LogP contribution in [0.5, 0.6) is 0 Å². The van der Waals surface area contributed by atoms with Crippen LogP contribution < -0.4 is 5.32 Å². The molecule has 0 bridgehead atoms. The molecular formula is C14H16N4O2. The monoisotopic (exact) mass is 272 g/mol. The summed E-state index contributed by atoms with van der Waals surface area (Å²) in [4.78, 5) is 19.0. The molecule has 20 heavy (non-hydrogen) atoms. The summed E-state index contributed by atoms with van der Waals surface area (Å²) < 4.78 is 0. The number of anilines is 1. The predicted octanol–water partition coefficient (Wildman–Crippen LogP) is 3.10. The van der Waals surface area contributed by atoms with Gasteiger partial charge in [-0.25, -0.2) is 9.97 Å². The van der Waals surface area contributed by atoms with Crippen molar-refractivity contribution < 1.29 is 4.92 Å². The standard InChI is InChI=1S/C14H16N4O2/c1-4-15-14-16-8-12(18(19)20)13(17-14)11-7-5-6-9(2)10(11)3/h5-8H,4H2,1-3H3,(H,15,16,17). The van der Waals surface area contributed by atoms with E-state index in [1.54, 1.807) is 0 Å². The number of rotatable bonds is 4. The topological polar surface area (TPSA) is 81.0 Å². The van der Waals surface area contributed by atoms with Gasteiger partial charge >= 0.3 is 5.69 Å². The molecule has 1 heterocycles. The van der Waals surface area contributed by atoms with Gasteiger partial charge in [-0.3, -0.25) is 10.1 Å². The van der Waals surface area contributed by atoms with Gasteiger partial charge in [-0.2, -0.15) is 0 Å². The van der Waals surface area contributed by atoms with Crippen LogP contribution in [0, 0.1) is 24.0 Å². The highest BCUT2D eigenvalue weighted by Gasteiger charge is 2.20. The van der Waals surface area contributed by atoms with E-state index in [1.165, 1.54) is 6.20 Å². The number of nitrogens with one attached hydrogen (secondary N) is 1. The summed E-state index contributed by atoms with van der Waals surface area (Å²) in [6.07, 6.45) is 1.25. The molecule has 6 nitrogen and oxygen atoms in total. The number of aromatic nitrogens is 2. The van der Waals surface area contributed by atoms with Crippen molar-refractivity contribution in [3.05, 3.63) is 45.6 Å². The van der Waals surface area contributed by atoms with Crippen LogP contribution in [-0.4, -0.2) is 21.4 Å². The predicted molar refractivity (Wildman–Crippen MR) is 77.8 cm³/mol. The van der Waals surface area contributed by atoms with Gasteiger partial charge in [-0.15, -0.1) is 0 Å². The molecule has 1 aromatic heterocycles. The Balaban J connectivity index is 2.66. The Hall–Kier alpha value is -2.50. The fraction of sp³-hybridized carbons (Fsp3) is 0.286. The molecule has 0 spiro atoms. The highest BCUT2D eigenvalue weighted by atomic mass is 16.6. The minimum Gasteiger partial charge on any atom is -0.354 e. The minimum absolute atomic E-state index is 0.0830. The second kappa shape index (κ2) is 5.64. The fourth-order valence-electron chi connectivity index (χ4n) is 1.96. The molecule has 1 aromatic carbocycles. The van der Waals surface area contributed by atoms with Crippen LogP contribution in [0.2, 0.25) is 0 Å². The molecule has 104 valence electrons. The van der Waals surface area contributed by atoms with E-state index in [0.29, 0.717) is 18.2 Å². The SMILES string of the molecule is CCNc1ncc([N+](=O)[O-])c(-c2cccc(C)c2C)n1. The maximum atomic E-state index is 11.2. The van der Waals surface area contributed by atoms with E-state index in [1.807, 2.05) is 39.0 Å². The van der Waals surface area contributed by atoms with E-state index in [-0.39, 0.29) is 5.69 Å². The Morgan fingerprint density at radius 3 is 2.75 bits per heavy atom. The van der Waals surface area contributed by atoms with Gasteiger partial charge in [0.2, 0.25) is 5.95 Å². The molecule has 1 N–H and O–H groups in total. The number of benzene rings is 1. The van der Waals surface area contributed by atoms with E-state index >= 15 is 0 Å². The van der Waals surface area contributed by atoms with E-state index in [9.17, 15) is 10.1 Å². The molecule has 0 saturated carbocycles. The van der Waals surface area contributed by atoms with Crippen molar-refractivity contribution in [3.8, 4) is 11.3 Å². The normalized spacial score (nSPS) is 10.3. The zero-order chi connectivity index (χ0) is 14.7. The second-order valence-electron chi connectivity index (χ2n) is 4.46. The molecule has 0 atom stereocenters. The summed E-state index contributed by atoms with van der Waals surface area (Å²) in [5.74, 6) is 0.397. The molecule has 2 aromatic rings. The second-order valence-corrected chi connectivity index (χ2v) is 4.46. The van der Waals surface area contributed by atoms with Gasteiger partial charge in [0, 0.05) is 12.1 Å². The van der Waals surface area contributed by atoms with Crippen LogP contribution in [-0.2, 0) is 0 Å². The molecule has 0 saturated heterocycles. The van der Waals surface area contributed by atoms with Gasteiger partial charge in [0.05, 0.1) is 4.92 Å². The zero-order valence-corrected chi connectivity index (χ0v) is 11.7. The molecule has 0 aliphatic rings. The lowest BCUT2D eigenvalue weighted by Gasteiger charge is -2.09. The van der Waals surface area contributed by atoms with Crippen LogP contribution in [0.15, 0.2) is 24.4 Å². The van der Waals surface area contributed by atoms with Crippen molar-refractivity contribution in [3.63, 3.8) is 0 Å². The first-order valence-corrected chi connectivity index (χ1v) is 6.36. The number of hydrogen-bond donors (Lipinski definition) is 1. The molecule has 0 radical (unpaired) electrons. The molecule has 6 heteroatoms. The Morgan fingerprint density at radius 1 is 1.35 bits per heavy atom. The van der Waals surface area contributed by atoms with Crippen molar-refractivity contribution in [1.82, 2.24) is 9.97 Å². The van der Waals surface area contributed by atoms with Crippen molar-refractivity contribution in [2.75, 3.05) is 11.9 Å². The number of nitro groups is 1. The quantitative estimate of drug-likeness (QED) is 0.683. The minimum atomic E-state index is -0.452.